The second kappa shape index (κ2) is 7.40. The SMILES string of the molecule is CC(CCCO)NC(=O)c1nc(C(C)C)ncc1Cl. The van der Waals surface area contributed by atoms with Gasteiger partial charge in [0.2, 0.25) is 0 Å². The molecule has 6 heteroatoms. The minimum Gasteiger partial charge on any atom is -0.396 e. The first-order chi connectivity index (χ1) is 8.95. The van der Waals surface area contributed by atoms with Crippen molar-refractivity contribution in [1.82, 2.24) is 15.3 Å². The molecule has 0 aliphatic carbocycles. The van der Waals surface area contributed by atoms with Gasteiger partial charge in [-0.25, -0.2) is 9.97 Å². The highest BCUT2D eigenvalue weighted by Gasteiger charge is 2.17. The normalized spacial score (nSPS) is 12.5. The van der Waals surface area contributed by atoms with Crippen LogP contribution in [0.5, 0.6) is 0 Å². The molecule has 106 valence electrons. The Morgan fingerprint density at radius 1 is 1.47 bits per heavy atom. The third kappa shape index (κ3) is 4.76. The third-order valence-corrected chi connectivity index (χ3v) is 2.94. The van der Waals surface area contributed by atoms with Crippen LogP contribution >= 0.6 is 11.6 Å². The number of aliphatic hydroxyl groups is 1. The summed E-state index contributed by atoms with van der Waals surface area (Å²) in [7, 11) is 0. The zero-order chi connectivity index (χ0) is 14.4. The van der Waals surface area contributed by atoms with E-state index in [2.05, 4.69) is 15.3 Å². The Hall–Kier alpha value is -1.20. The fourth-order valence-electron chi connectivity index (χ4n) is 1.58. The maximum atomic E-state index is 12.1. The summed E-state index contributed by atoms with van der Waals surface area (Å²) in [4.78, 5) is 20.4. The summed E-state index contributed by atoms with van der Waals surface area (Å²) in [5, 5.41) is 11.8. The van der Waals surface area contributed by atoms with Gasteiger partial charge in [-0.3, -0.25) is 4.79 Å². The van der Waals surface area contributed by atoms with Crippen LogP contribution in [-0.4, -0.2) is 33.6 Å². The Morgan fingerprint density at radius 2 is 2.16 bits per heavy atom. The summed E-state index contributed by atoms with van der Waals surface area (Å²) in [6.45, 7) is 5.90. The lowest BCUT2D eigenvalue weighted by Gasteiger charge is -2.14. The van der Waals surface area contributed by atoms with Gasteiger partial charge in [0.05, 0.1) is 11.2 Å². The summed E-state index contributed by atoms with van der Waals surface area (Å²) in [5.74, 6) is 0.424. The van der Waals surface area contributed by atoms with Crippen LogP contribution in [0.1, 0.15) is 55.8 Å². The molecule has 1 unspecified atom stereocenters. The fourth-order valence-corrected chi connectivity index (χ4v) is 1.76. The lowest BCUT2D eigenvalue weighted by molar-refractivity contribution is 0.0931. The Labute approximate surface area is 118 Å². The van der Waals surface area contributed by atoms with Gasteiger partial charge in [0, 0.05) is 18.6 Å². The largest absolute Gasteiger partial charge is 0.396 e. The lowest BCUT2D eigenvalue weighted by atomic mass is 10.2. The van der Waals surface area contributed by atoms with Crippen LogP contribution in [0.4, 0.5) is 0 Å². The van der Waals surface area contributed by atoms with Gasteiger partial charge in [-0.2, -0.15) is 0 Å². The van der Waals surface area contributed by atoms with Gasteiger partial charge in [-0.15, -0.1) is 0 Å². The number of nitrogens with one attached hydrogen (secondary N) is 1. The molecular weight excluding hydrogens is 266 g/mol. The molecule has 1 aromatic rings. The van der Waals surface area contributed by atoms with Crippen molar-refractivity contribution < 1.29 is 9.90 Å². The van der Waals surface area contributed by atoms with E-state index >= 15 is 0 Å². The molecule has 0 saturated heterocycles. The molecule has 19 heavy (non-hydrogen) atoms. The predicted molar refractivity (Wildman–Crippen MR) is 74.4 cm³/mol. The van der Waals surface area contributed by atoms with E-state index in [0.717, 1.165) is 0 Å². The highest BCUT2D eigenvalue weighted by atomic mass is 35.5. The number of aliphatic hydroxyl groups excluding tert-OH is 1. The zero-order valence-electron chi connectivity index (χ0n) is 11.5. The molecule has 0 saturated carbocycles. The summed E-state index contributed by atoms with van der Waals surface area (Å²) in [6.07, 6.45) is 2.81. The van der Waals surface area contributed by atoms with Gasteiger partial charge in [-0.1, -0.05) is 25.4 Å². The predicted octanol–water partition coefficient (Wildman–Crippen LogP) is 2.14. The Balaban J connectivity index is 2.78. The van der Waals surface area contributed by atoms with Crippen molar-refractivity contribution in [2.45, 2.75) is 45.6 Å². The van der Waals surface area contributed by atoms with Gasteiger partial charge in [0.1, 0.15) is 11.5 Å². The Kier molecular flexibility index (Phi) is 6.18. The van der Waals surface area contributed by atoms with E-state index in [-0.39, 0.29) is 35.2 Å². The van der Waals surface area contributed by atoms with E-state index in [9.17, 15) is 4.79 Å². The van der Waals surface area contributed by atoms with Crippen molar-refractivity contribution in [2.24, 2.45) is 0 Å². The van der Waals surface area contributed by atoms with Crippen molar-refractivity contribution in [1.29, 1.82) is 0 Å². The molecule has 0 spiro atoms. The third-order valence-electron chi connectivity index (χ3n) is 2.67. The Morgan fingerprint density at radius 3 is 2.74 bits per heavy atom. The first-order valence-electron chi connectivity index (χ1n) is 6.39. The number of hydrogen-bond donors (Lipinski definition) is 2. The summed E-state index contributed by atoms with van der Waals surface area (Å²) < 4.78 is 0. The number of nitrogens with zero attached hydrogens (tertiary/aromatic N) is 2. The van der Waals surface area contributed by atoms with Crippen molar-refractivity contribution in [3.8, 4) is 0 Å². The van der Waals surface area contributed by atoms with E-state index in [1.54, 1.807) is 0 Å². The van der Waals surface area contributed by atoms with Crippen LogP contribution in [-0.2, 0) is 0 Å². The van der Waals surface area contributed by atoms with Crippen LogP contribution < -0.4 is 5.32 Å². The molecule has 1 aromatic heterocycles. The van der Waals surface area contributed by atoms with Gasteiger partial charge >= 0.3 is 0 Å². The Bertz CT molecular complexity index is 438. The quantitative estimate of drug-likeness (QED) is 0.840. The monoisotopic (exact) mass is 285 g/mol. The van der Waals surface area contributed by atoms with Crippen molar-refractivity contribution in [3.05, 3.63) is 22.7 Å². The minimum absolute atomic E-state index is 0.0341. The van der Waals surface area contributed by atoms with Crippen LogP contribution in [0.15, 0.2) is 6.20 Å². The standard InChI is InChI=1S/C13H20ClN3O2/c1-8(2)12-15-7-10(14)11(17-12)13(19)16-9(3)5-4-6-18/h7-9,18H,4-6H2,1-3H3,(H,16,19). The zero-order valence-corrected chi connectivity index (χ0v) is 12.2. The number of aromatic nitrogens is 2. The minimum atomic E-state index is -0.306. The fraction of sp³-hybridized carbons (Fsp3) is 0.615. The molecule has 0 fully saturated rings. The summed E-state index contributed by atoms with van der Waals surface area (Å²) in [5.41, 5.74) is 0.205. The van der Waals surface area contributed by atoms with E-state index in [0.29, 0.717) is 18.7 Å². The van der Waals surface area contributed by atoms with Crippen LogP contribution in [0.3, 0.4) is 0 Å². The average molecular weight is 286 g/mol. The molecule has 0 aromatic carbocycles. The number of halogens is 1. The number of carbonyl (C=O) groups excluding carboxylic acids is 1. The molecule has 1 rings (SSSR count). The lowest BCUT2D eigenvalue weighted by Crippen LogP contribution is -2.33. The van der Waals surface area contributed by atoms with Crippen LogP contribution in [0, 0.1) is 0 Å². The molecule has 1 atom stereocenters. The van der Waals surface area contributed by atoms with E-state index in [4.69, 9.17) is 16.7 Å². The number of carbonyl (C=O) groups is 1. The number of rotatable bonds is 6. The summed E-state index contributed by atoms with van der Waals surface area (Å²) >= 11 is 5.96. The van der Waals surface area contributed by atoms with Crippen LogP contribution in [0.2, 0.25) is 5.02 Å². The maximum Gasteiger partial charge on any atom is 0.271 e. The number of amides is 1. The molecular formula is C13H20ClN3O2. The van der Waals surface area contributed by atoms with E-state index < -0.39 is 0 Å². The highest BCUT2D eigenvalue weighted by molar-refractivity contribution is 6.33. The van der Waals surface area contributed by atoms with Crippen molar-refractivity contribution >= 4 is 17.5 Å². The molecule has 0 aliphatic rings. The maximum absolute atomic E-state index is 12.1. The smallest absolute Gasteiger partial charge is 0.271 e. The number of hydrogen-bond acceptors (Lipinski definition) is 4. The molecule has 0 radical (unpaired) electrons. The molecule has 2 N–H and O–H groups in total. The second-order valence-electron chi connectivity index (χ2n) is 4.82. The molecule has 1 amide bonds. The second-order valence-corrected chi connectivity index (χ2v) is 5.23. The highest BCUT2D eigenvalue weighted by Crippen LogP contribution is 2.16. The van der Waals surface area contributed by atoms with Crippen molar-refractivity contribution in [3.63, 3.8) is 0 Å². The van der Waals surface area contributed by atoms with E-state index in [1.165, 1.54) is 6.20 Å². The van der Waals surface area contributed by atoms with Gasteiger partial charge in [0.15, 0.2) is 0 Å². The summed E-state index contributed by atoms with van der Waals surface area (Å²) in [6, 6.07) is -0.0341. The first kappa shape index (κ1) is 15.9. The van der Waals surface area contributed by atoms with Crippen LogP contribution in [0.25, 0.3) is 0 Å². The first-order valence-corrected chi connectivity index (χ1v) is 6.77. The van der Waals surface area contributed by atoms with Gasteiger partial charge in [0.25, 0.3) is 5.91 Å². The molecule has 0 aliphatic heterocycles. The molecule has 5 nitrogen and oxygen atoms in total. The van der Waals surface area contributed by atoms with Gasteiger partial charge < -0.3 is 10.4 Å². The molecule has 1 heterocycles. The molecule has 0 bridgehead atoms. The van der Waals surface area contributed by atoms with Gasteiger partial charge in [-0.05, 0) is 19.8 Å². The van der Waals surface area contributed by atoms with Crippen molar-refractivity contribution in [2.75, 3.05) is 6.61 Å². The average Bonchev–Trinajstić information content (AvgIpc) is 2.36. The van der Waals surface area contributed by atoms with E-state index in [1.807, 2.05) is 20.8 Å². The topological polar surface area (TPSA) is 75.1 Å².